The van der Waals surface area contributed by atoms with Crippen molar-refractivity contribution in [1.82, 2.24) is 5.32 Å². The zero-order chi connectivity index (χ0) is 14.7. The second-order valence-corrected chi connectivity index (χ2v) is 6.47. The molecule has 0 fully saturated rings. The van der Waals surface area contributed by atoms with E-state index in [1.165, 1.54) is 22.4 Å². The van der Waals surface area contributed by atoms with Gasteiger partial charge in [-0.25, -0.2) is 0 Å². The highest BCUT2D eigenvalue weighted by Crippen LogP contribution is 2.30. The highest BCUT2D eigenvalue weighted by atomic mass is 32.1. The Balaban J connectivity index is 1.45. The van der Waals surface area contributed by atoms with Crippen LogP contribution in [0.3, 0.4) is 0 Å². The van der Waals surface area contributed by atoms with Crippen molar-refractivity contribution in [2.45, 2.75) is 26.2 Å². The molecule has 110 valence electrons. The lowest BCUT2D eigenvalue weighted by atomic mass is 10.2. The molecule has 1 aliphatic carbocycles. The second-order valence-electron chi connectivity index (χ2n) is 5.33. The number of benzene rings is 1. The Labute approximate surface area is 129 Å². The molecule has 0 radical (unpaired) electrons. The summed E-state index contributed by atoms with van der Waals surface area (Å²) >= 11 is 1.63. The lowest BCUT2D eigenvalue weighted by Crippen LogP contribution is -2.27. The van der Waals surface area contributed by atoms with Gasteiger partial charge < -0.3 is 10.1 Å². The number of nitrogens with one attached hydrogen (secondary N) is 1. The molecule has 3 rings (SSSR count). The van der Waals surface area contributed by atoms with Crippen molar-refractivity contribution in [2.75, 3.05) is 13.2 Å². The molecule has 2 aromatic rings. The van der Waals surface area contributed by atoms with Gasteiger partial charge in [-0.2, -0.15) is 0 Å². The molecule has 0 atom stereocenters. The molecular formula is C17H19NO2S. The van der Waals surface area contributed by atoms with Crippen LogP contribution < -0.4 is 10.1 Å². The van der Waals surface area contributed by atoms with Crippen molar-refractivity contribution >= 4 is 17.2 Å². The van der Waals surface area contributed by atoms with E-state index in [2.05, 4.69) is 5.32 Å². The highest BCUT2D eigenvalue weighted by Gasteiger charge is 2.18. The van der Waals surface area contributed by atoms with Crippen LogP contribution in [0.25, 0.3) is 0 Å². The van der Waals surface area contributed by atoms with E-state index in [-0.39, 0.29) is 5.91 Å². The van der Waals surface area contributed by atoms with Crippen molar-refractivity contribution in [3.8, 4) is 5.75 Å². The van der Waals surface area contributed by atoms with E-state index in [0.29, 0.717) is 13.2 Å². The van der Waals surface area contributed by atoms with Crippen molar-refractivity contribution in [1.29, 1.82) is 0 Å². The molecule has 21 heavy (non-hydrogen) atoms. The normalized spacial score (nSPS) is 13.0. The van der Waals surface area contributed by atoms with Crippen LogP contribution in [0.2, 0.25) is 0 Å². The molecule has 1 aromatic carbocycles. The Morgan fingerprint density at radius 3 is 3.05 bits per heavy atom. The Kier molecular flexibility index (Phi) is 4.25. The number of carbonyl (C=O) groups excluding carboxylic acids is 1. The van der Waals surface area contributed by atoms with Crippen LogP contribution in [-0.2, 0) is 12.8 Å². The van der Waals surface area contributed by atoms with Crippen LogP contribution in [0.15, 0.2) is 30.3 Å². The summed E-state index contributed by atoms with van der Waals surface area (Å²) in [5.41, 5.74) is 2.53. The fourth-order valence-electron chi connectivity index (χ4n) is 2.57. The average Bonchev–Trinajstić information content (AvgIpc) is 3.04. The van der Waals surface area contributed by atoms with E-state index in [0.717, 1.165) is 23.5 Å². The summed E-state index contributed by atoms with van der Waals surface area (Å²) in [7, 11) is 0. The van der Waals surface area contributed by atoms with Gasteiger partial charge in [0.1, 0.15) is 12.4 Å². The lowest BCUT2D eigenvalue weighted by Gasteiger charge is -2.07. The number of aryl methyl sites for hydroxylation is 3. The number of hydrogen-bond acceptors (Lipinski definition) is 3. The molecule has 1 N–H and O–H groups in total. The molecule has 0 spiro atoms. The summed E-state index contributed by atoms with van der Waals surface area (Å²) in [5.74, 6) is 0.863. The van der Waals surface area contributed by atoms with E-state index in [4.69, 9.17) is 4.74 Å². The first kappa shape index (κ1) is 14.1. The summed E-state index contributed by atoms with van der Waals surface area (Å²) < 4.78 is 5.62. The van der Waals surface area contributed by atoms with Gasteiger partial charge in [-0.15, -0.1) is 11.3 Å². The Morgan fingerprint density at radius 2 is 2.24 bits per heavy atom. The minimum absolute atomic E-state index is 0.0160. The van der Waals surface area contributed by atoms with Gasteiger partial charge in [0.05, 0.1) is 11.4 Å². The van der Waals surface area contributed by atoms with Crippen molar-refractivity contribution in [2.24, 2.45) is 0 Å². The fourth-order valence-corrected chi connectivity index (χ4v) is 3.74. The fraction of sp³-hybridized carbons (Fsp3) is 0.353. The minimum Gasteiger partial charge on any atom is -0.492 e. The molecule has 0 unspecified atom stereocenters. The van der Waals surface area contributed by atoms with Gasteiger partial charge in [0, 0.05) is 4.88 Å². The van der Waals surface area contributed by atoms with E-state index >= 15 is 0 Å². The summed E-state index contributed by atoms with van der Waals surface area (Å²) in [5, 5.41) is 2.92. The zero-order valence-electron chi connectivity index (χ0n) is 12.1. The Hall–Kier alpha value is -1.81. The molecule has 1 aliphatic rings. The molecule has 3 nitrogen and oxygen atoms in total. The first-order valence-electron chi connectivity index (χ1n) is 7.31. The zero-order valence-corrected chi connectivity index (χ0v) is 13.0. The third-order valence-electron chi connectivity index (χ3n) is 3.62. The average molecular weight is 301 g/mol. The second kappa shape index (κ2) is 6.31. The number of hydrogen-bond donors (Lipinski definition) is 1. The molecule has 0 saturated heterocycles. The third kappa shape index (κ3) is 3.45. The standard InChI is InChI=1S/C17H19NO2S/c1-12-4-2-6-14(10-12)20-9-8-18-17(19)16-11-13-5-3-7-15(13)21-16/h2,4,6,10-11H,3,5,7-9H2,1H3,(H,18,19). The quantitative estimate of drug-likeness (QED) is 0.860. The summed E-state index contributed by atoms with van der Waals surface area (Å²) in [6, 6.07) is 9.97. The monoisotopic (exact) mass is 301 g/mol. The number of fused-ring (bicyclic) bond motifs is 1. The van der Waals surface area contributed by atoms with Gasteiger partial charge in [0.25, 0.3) is 5.91 Å². The maximum atomic E-state index is 12.1. The SMILES string of the molecule is Cc1cccc(OCCNC(=O)c2cc3c(s2)CCC3)c1. The lowest BCUT2D eigenvalue weighted by molar-refractivity contribution is 0.0951. The maximum absolute atomic E-state index is 12.1. The van der Waals surface area contributed by atoms with Crippen LogP contribution in [0, 0.1) is 6.92 Å². The van der Waals surface area contributed by atoms with E-state index in [1.807, 2.05) is 37.3 Å². The molecule has 1 aromatic heterocycles. The van der Waals surface area contributed by atoms with Crippen LogP contribution in [0.1, 0.15) is 32.1 Å². The molecule has 0 saturated carbocycles. The van der Waals surface area contributed by atoms with E-state index in [1.54, 1.807) is 11.3 Å². The number of thiophene rings is 1. The molecule has 0 bridgehead atoms. The predicted octanol–water partition coefficient (Wildman–Crippen LogP) is 3.35. The van der Waals surface area contributed by atoms with Crippen molar-refractivity contribution in [3.63, 3.8) is 0 Å². The number of ether oxygens (including phenoxy) is 1. The first-order valence-corrected chi connectivity index (χ1v) is 8.13. The first-order chi connectivity index (χ1) is 10.2. The summed E-state index contributed by atoms with van der Waals surface area (Å²) in [6.45, 7) is 3.04. The van der Waals surface area contributed by atoms with Crippen LogP contribution in [0.5, 0.6) is 5.75 Å². The van der Waals surface area contributed by atoms with Gasteiger partial charge in [0.15, 0.2) is 0 Å². The molecule has 0 aliphatic heterocycles. The number of amides is 1. The largest absolute Gasteiger partial charge is 0.492 e. The molecule has 1 heterocycles. The Bertz CT molecular complexity index is 626. The topological polar surface area (TPSA) is 38.3 Å². The molecule has 4 heteroatoms. The maximum Gasteiger partial charge on any atom is 0.261 e. The number of rotatable bonds is 5. The third-order valence-corrected chi connectivity index (χ3v) is 4.85. The summed E-state index contributed by atoms with van der Waals surface area (Å²) in [4.78, 5) is 14.3. The summed E-state index contributed by atoms with van der Waals surface area (Å²) in [6.07, 6.45) is 3.48. The van der Waals surface area contributed by atoms with Crippen LogP contribution >= 0.6 is 11.3 Å². The number of carbonyl (C=O) groups is 1. The van der Waals surface area contributed by atoms with Gasteiger partial charge in [-0.05, 0) is 55.5 Å². The van der Waals surface area contributed by atoms with Crippen LogP contribution in [0.4, 0.5) is 0 Å². The van der Waals surface area contributed by atoms with E-state index in [9.17, 15) is 4.79 Å². The van der Waals surface area contributed by atoms with Gasteiger partial charge in [-0.1, -0.05) is 12.1 Å². The van der Waals surface area contributed by atoms with Gasteiger partial charge >= 0.3 is 0 Å². The van der Waals surface area contributed by atoms with Crippen molar-refractivity contribution < 1.29 is 9.53 Å². The Morgan fingerprint density at radius 1 is 1.33 bits per heavy atom. The van der Waals surface area contributed by atoms with Gasteiger partial charge in [-0.3, -0.25) is 4.79 Å². The van der Waals surface area contributed by atoms with Crippen molar-refractivity contribution in [3.05, 3.63) is 51.2 Å². The molecule has 1 amide bonds. The highest BCUT2D eigenvalue weighted by molar-refractivity contribution is 7.14. The van der Waals surface area contributed by atoms with Crippen LogP contribution in [-0.4, -0.2) is 19.1 Å². The minimum atomic E-state index is 0.0160. The predicted molar refractivity (Wildman–Crippen MR) is 85.4 cm³/mol. The smallest absolute Gasteiger partial charge is 0.261 e. The van der Waals surface area contributed by atoms with E-state index < -0.39 is 0 Å². The molecular weight excluding hydrogens is 282 g/mol. The van der Waals surface area contributed by atoms with Gasteiger partial charge in [0.2, 0.25) is 0 Å².